The SMILES string of the molecule is CCC(C)N(CC)c1ccc(CCN)cc1. The molecule has 16 heavy (non-hydrogen) atoms. The van der Waals surface area contributed by atoms with Crippen LogP contribution >= 0.6 is 0 Å². The molecule has 1 atom stereocenters. The zero-order valence-corrected chi connectivity index (χ0v) is 10.7. The first-order chi connectivity index (χ1) is 7.72. The van der Waals surface area contributed by atoms with Crippen molar-refractivity contribution in [3.05, 3.63) is 29.8 Å². The minimum absolute atomic E-state index is 0.602. The Balaban J connectivity index is 2.78. The van der Waals surface area contributed by atoms with Crippen molar-refractivity contribution in [3.63, 3.8) is 0 Å². The number of hydrogen-bond donors (Lipinski definition) is 1. The van der Waals surface area contributed by atoms with Crippen molar-refractivity contribution in [1.82, 2.24) is 0 Å². The molecule has 0 radical (unpaired) electrons. The molecule has 0 aliphatic heterocycles. The van der Waals surface area contributed by atoms with E-state index in [0.717, 1.165) is 19.5 Å². The largest absolute Gasteiger partial charge is 0.369 e. The molecule has 0 fully saturated rings. The summed E-state index contributed by atoms with van der Waals surface area (Å²) < 4.78 is 0. The predicted molar refractivity (Wildman–Crippen MR) is 72.0 cm³/mol. The summed E-state index contributed by atoms with van der Waals surface area (Å²) in [6, 6.07) is 9.40. The normalized spacial score (nSPS) is 12.5. The molecule has 0 spiro atoms. The molecule has 0 heterocycles. The highest BCUT2D eigenvalue weighted by Crippen LogP contribution is 2.19. The lowest BCUT2D eigenvalue weighted by Crippen LogP contribution is -2.32. The predicted octanol–water partition coefficient (Wildman–Crippen LogP) is 2.81. The highest BCUT2D eigenvalue weighted by molar-refractivity contribution is 5.48. The van der Waals surface area contributed by atoms with Gasteiger partial charge in [-0.3, -0.25) is 0 Å². The molecular formula is C14H24N2. The van der Waals surface area contributed by atoms with E-state index in [9.17, 15) is 0 Å². The molecular weight excluding hydrogens is 196 g/mol. The summed E-state index contributed by atoms with van der Waals surface area (Å²) in [5.74, 6) is 0. The van der Waals surface area contributed by atoms with E-state index in [-0.39, 0.29) is 0 Å². The smallest absolute Gasteiger partial charge is 0.0368 e. The fraction of sp³-hybridized carbons (Fsp3) is 0.571. The number of hydrogen-bond acceptors (Lipinski definition) is 2. The van der Waals surface area contributed by atoms with Crippen molar-refractivity contribution in [3.8, 4) is 0 Å². The number of nitrogens with zero attached hydrogens (tertiary/aromatic N) is 1. The van der Waals surface area contributed by atoms with Crippen molar-refractivity contribution < 1.29 is 0 Å². The van der Waals surface area contributed by atoms with Gasteiger partial charge in [-0.2, -0.15) is 0 Å². The highest BCUT2D eigenvalue weighted by atomic mass is 15.1. The molecule has 0 saturated heterocycles. The van der Waals surface area contributed by atoms with Crippen LogP contribution in [-0.2, 0) is 6.42 Å². The maximum atomic E-state index is 5.54. The van der Waals surface area contributed by atoms with Crippen LogP contribution in [0.1, 0.15) is 32.8 Å². The lowest BCUT2D eigenvalue weighted by atomic mass is 10.1. The first-order valence-corrected chi connectivity index (χ1v) is 6.28. The maximum Gasteiger partial charge on any atom is 0.0368 e. The van der Waals surface area contributed by atoms with Gasteiger partial charge in [-0.15, -0.1) is 0 Å². The van der Waals surface area contributed by atoms with Crippen LogP contribution in [0.2, 0.25) is 0 Å². The van der Waals surface area contributed by atoms with Crippen molar-refractivity contribution >= 4 is 5.69 Å². The van der Waals surface area contributed by atoms with Crippen LogP contribution in [0.3, 0.4) is 0 Å². The van der Waals surface area contributed by atoms with Crippen molar-refractivity contribution in [2.24, 2.45) is 5.73 Å². The molecule has 90 valence electrons. The van der Waals surface area contributed by atoms with Gasteiger partial charge in [0.2, 0.25) is 0 Å². The molecule has 2 nitrogen and oxygen atoms in total. The van der Waals surface area contributed by atoms with Gasteiger partial charge in [-0.25, -0.2) is 0 Å². The van der Waals surface area contributed by atoms with Crippen LogP contribution in [0.5, 0.6) is 0 Å². The summed E-state index contributed by atoms with van der Waals surface area (Å²) in [7, 11) is 0. The molecule has 0 bridgehead atoms. The van der Waals surface area contributed by atoms with Gasteiger partial charge >= 0.3 is 0 Å². The quantitative estimate of drug-likeness (QED) is 0.798. The Morgan fingerprint density at radius 3 is 2.25 bits per heavy atom. The van der Waals surface area contributed by atoms with Crippen molar-refractivity contribution in [2.45, 2.75) is 39.7 Å². The summed E-state index contributed by atoms with van der Waals surface area (Å²) in [6.45, 7) is 8.50. The molecule has 0 aliphatic rings. The first kappa shape index (κ1) is 13.0. The van der Waals surface area contributed by atoms with E-state index in [4.69, 9.17) is 5.73 Å². The van der Waals surface area contributed by atoms with E-state index >= 15 is 0 Å². The van der Waals surface area contributed by atoms with Gasteiger partial charge < -0.3 is 10.6 Å². The van der Waals surface area contributed by atoms with E-state index in [1.807, 2.05) is 0 Å². The van der Waals surface area contributed by atoms with Crippen LogP contribution in [0.15, 0.2) is 24.3 Å². The third-order valence-electron chi connectivity index (χ3n) is 3.16. The van der Waals surface area contributed by atoms with Gasteiger partial charge in [0.25, 0.3) is 0 Å². The fourth-order valence-electron chi connectivity index (χ4n) is 1.99. The minimum atomic E-state index is 0.602. The van der Waals surface area contributed by atoms with Crippen LogP contribution in [0, 0.1) is 0 Å². The number of nitrogens with two attached hydrogens (primary N) is 1. The molecule has 1 unspecified atom stereocenters. The third-order valence-corrected chi connectivity index (χ3v) is 3.16. The topological polar surface area (TPSA) is 29.3 Å². The van der Waals surface area contributed by atoms with Crippen LogP contribution < -0.4 is 10.6 Å². The summed E-state index contributed by atoms with van der Waals surface area (Å²) in [4.78, 5) is 2.44. The Morgan fingerprint density at radius 2 is 1.81 bits per heavy atom. The molecule has 0 amide bonds. The summed E-state index contributed by atoms with van der Waals surface area (Å²) >= 11 is 0. The van der Waals surface area contributed by atoms with Crippen molar-refractivity contribution in [2.75, 3.05) is 18.0 Å². The van der Waals surface area contributed by atoms with Gasteiger partial charge in [0.1, 0.15) is 0 Å². The van der Waals surface area contributed by atoms with Gasteiger partial charge in [0.15, 0.2) is 0 Å². The van der Waals surface area contributed by atoms with Gasteiger partial charge in [0, 0.05) is 18.3 Å². The Kier molecular flexibility index (Phi) is 5.33. The number of anilines is 1. The Bertz CT molecular complexity index is 292. The van der Waals surface area contributed by atoms with E-state index in [0.29, 0.717) is 6.04 Å². The maximum absolute atomic E-state index is 5.54. The monoisotopic (exact) mass is 220 g/mol. The summed E-state index contributed by atoms with van der Waals surface area (Å²) in [6.07, 6.45) is 2.15. The molecule has 1 rings (SSSR count). The zero-order chi connectivity index (χ0) is 12.0. The minimum Gasteiger partial charge on any atom is -0.369 e. The highest BCUT2D eigenvalue weighted by Gasteiger charge is 2.10. The van der Waals surface area contributed by atoms with Crippen molar-refractivity contribution in [1.29, 1.82) is 0 Å². The number of benzene rings is 1. The third kappa shape index (κ3) is 3.24. The van der Waals surface area contributed by atoms with E-state index in [2.05, 4.69) is 49.9 Å². The van der Waals surface area contributed by atoms with E-state index < -0.39 is 0 Å². The Hall–Kier alpha value is -1.02. The summed E-state index contributed by atoms with van der Waals surface area (Å²) in [5.41, 5.74) is 8.19. The average Bonchev–Trinajstić information content (AvgIpc) is 2.32. The number of rotatable bonds is 6. The van der Waals surface area contributed by atoms with E-state index in [1.54, 1.807) is 0 Å². The van der Waals surface area contributed by atoms with Crippen LogP contribution in [0.25, 0.3) is 0 Å². The molecule has 0 aromatic heterocycles. The van der Waals surface area contributed by atoms with Gasteiger partial charge in [-0.05, 0) is 50.9 Å². The van der Waals surface area contributed by atoms with Crippen LogP contribution in [0.4, 0.5) is 5.69 Å². The molecule has 0 aliphatic carbocycles. The van der Waals surface area contributed by atoms with Crippen LogP contribution in [-0.4, -0.2) is 19.1 Å². The van der Waals surface area contributed by atoms with Gasteiger partial charge in [-0.1, -0.05) is 19.1 Å². The standard InChI is InChI=1S/C14H24N2/c1-4-12(3)16(5-2)14-8-6-13(7-9-14)10-11-15/h6-9,12H,4-5,10-11,15H2,1-3H3. The Labute approximate surface area is 99.5 Å². The molecule has 2 N–H and O–H groups in total. The lowest BCUT2D eigenvalue weighted by Gasteiger charge is -2.29. The molecule has 1 aromatic carbocycles. The van der Waals surface area contributed by atoms with Gasteiger partial charge in [0.05, 0.1) is 0 Å². The average molecular weight is 220 g/mol. The molecule has 0 saturated carbocycles. The second-order valence-corrected chi connectivity index (χ2v) is 4.25. The first-order valence-electron chi connectivity index (χ1n) is 6.28. The Morgan fingerprint density at radius 1 is 1.19 bits per heavy atom. The van der Waals surface area contributed by atoms with E-state index in [1.165, 1.54) is 17.7 Å². The summed E-state index contributed by atoms with van der Waals surface area (Å²) in [5, 5.41) is 0. The molecule has 2 heteroatoms. The molecule has 1 aromatic rings. The fourth-order valence-corrected chi connectivity index (χ4v) is 1.99. The zero-order valence-electron chi connectivity index (χ0n) is 10.7. The second-order valence-electron chi connectivity index (χ2n) is 4.25. The second kappa shape index (κ2) is 6.54. The lowest BCUT2D eigenvalue weighted by molar-refractivity contribution is 0.630.